The Hall–Kier alpha value is -2.10. The van der Waals surface area contributed by atoms with Gasteiger partial charge in [-0.05, 0) is 24.3 Å². The van der Waals surface area contributed by atoms with E-state index in [2.05, 4.69) is 10.3 Å². The Kier molecular flexibility index (Phi) is 3.78. The van der Waals surface area contributed by atoms with Crippen molar-refractivity contribution in [3.05, 3.63) is 36.5 Å². The van der Waals surface area contributed by atoms with Gasteiger partial charge in [0, 0.05) is 18.1 Å². The number of carboxylic acids is 1. The fourth-order valence-corrected chi connectivity index (χ4v) is 3.21. The molecule has 2 N–H and O–H groups in total. The number of hydrogen-bond donors (Lipinski definition) is 2. The van der Waals surface area contributed by atoms with Gasteiger partial charge in [0.05, 0.1) is 5.41 Å². The highest BCUT2D eigenvalue weighted by Crippen LogP contribution is 2.37. The Labute approximate surface area is 124 Å². The molecule has 0 aliphatic heterocycles. The predicted octanol–water partition coefficient (Wildman–Crippen LogP) is 3.68. The van der Waals surface area contributed by atoms with E-state index in [-0.39, 0.29) is 0 Å². The molecule has 1 heterocycles. The number of aromatic nitrogens is 1. The summed E-state index contributed by atoms with van der Waals surface area (Å²) in [7, 11) is 0. The van der Waals surface area contributed by atoms with Gasteiger partial charge in [-0.25, -0.2) is 4.98 Å². The molecule has 1 aliphatic carbocycles. The van der Waals surface area contributed by atoms with Crippen molar-refractivity contribution in [2.75, 3.05) is 11.9 Å². The Balaban J connectivity index is 1.83. The molecule has 1 fully saturated rings. The first-order valence-corrected chi connectivity index (χ1v) is 7.52. The minimum absolute atomic E-state index is 0.448. The van der Waals surface area contributed by atoms with Gasteiger partial charge in [-0.2, -0.15) is 0 Å². The predicted molar refractivity (Wildman–Crippen MR) is 83.4 cm³/mol. The second kappa shape index (κ2) is 5.72. The van der Waals surface area contributed by atoms with Crippen molar-refractivity contribution < 1.29 is 9.90 Å². The lowest BCUT2D eigenvalue weighted by Gasteiger charge is -2.33. The van der Waals surface area contributed by atoms with E-state index < -0.39 is 11.4 Å². The summed E-state index contributed by atoms with van der Waals surface area (Å²) >= 11 is 0. The van der Waals surface area contributed by atoms with Gasteiger partial charge in [0.15, 0.2) is 0 Å². The number of fused-ring (bicyclic) bond motifs is 1. The van der Waals surface area contributed by atoms with Crippen LogP contribution >= 0.6 is 0 Å². The molecule has 0 saturated heterocycles. The van der Waals surface area contributed by atoms with Crippen molar-refractivity contribution in [2.24, 2.45) is 5.41 Å². The second-order valence-electron chi connectivity index (χ2n) is 5.88. The standard InChI is InChI=1S/C17H20N2O2/c20-16(21)17(9-4-1-5-10-17)12-19-15-14-7-3-2-6-13(14)8-11-18-15/h2-3,6-8,11H,1,4-5,9-10,12H2,(H,18,19)(H,20,21). The molecule has 0 bridgehead atoms. The summed E-state index contributed by atoms with van der Waals surface area (Å²) in [6.45, 7) is 0.448. The van der Waals surface area contributed by atoms with E-state index >= 15 is 0 Å². The van der Waals surface area contributed by atoms with Gasteiger partial charge in [0.25, 0.3) is 0 Å². The van der Waals surface area contributed by atoms with Crippen LogP contribution in [0, 0.1) is 5.41 Å². The number of hydrogen-bond acceptors (Lipinski definition) is 3. The highest BCUT2D eigenvalue weighted by molar-refractivity contribution is 5.91. The third-order valence-electron chi connectivity index (χ3n) is 4.53. The first-order chi connectivity index (χ1) is 10.2. The van der Waals surface area contributed by atoms with E-state index in [1.165, 1.54) is 0 Å². The van der Waals surface area contributed by atoms with Crippen LogP contribution in [0.5, 0.6) is 0 Å². The molecular formula is C17H20N2O2. The first kappa shape index (κ1) is 13.9. The number of rotatable bonds is 4. The number of aliphatic carboxylic acids is 1. The monoisotopic (exact) mass is 284 g/mol. The molecule has 1 aliphatic rings. The zero-order chi connectivity index (χ0) is 14.7. The van der Waals surface area contributed by atoms with E-state index in [1.54, 1.807) is 6.20 Å². The number of benzene rings is 1. The molecule has 3 rings (SSSR count). The first-order valence-electron chi connectivity index (χ1n) is 7.52. The molecule has 1 saturated carbocycles. The molecule has 110 valence electrons. The Morgan fingerprint density at radius 3 is 2.71 bits per heavy atom. The third-order valence-corrected chi connectivity index (χ3v) is 4.53. The maximum absolute atomic E-state index is 11.7. The normalized spacial score (nSPS) is 17.5. The highest BCUT2D eigenvalue weighted by Gasteiger charge is 2.39. The Bertz CT molecular complexity index is 643. The summed E-state index contributed by atoms with van der Waals surface area (Å²) in [5, 5.41) is 15.1. The van der Waals surface area contributed by atoms with E-state index in [0.717, 1.165) is 48.7 Å². The highest BCUT2D eigenvalue weighted by atomic mass is 16.4. The number of pyridine rings is 1. The fraction of sp³-hybridized carbons (Fsp3) is 0.412. The average Bonchev–Trinajstić information content (AvgIpc) is 2.53. The summed E-state index contributed by atoms with van der Waals surface area (Å²) in [5.74, 6) is 0.0919. The summed E-state index contributed by atoms with van der Waals surface area (Å²) in [6, 6.07) is 9.98. The van der Waals surface area contributed by atoms with Gasteiger partial charge in [-0.15, -0.1) is 0 Å². The largest absolute Gasteiger partial charge is 0.481 e. The molecule has 1 aromatic carbocycles. The summed E-state index contributed by atoms with van der Waals surface area (Å²) in [4.78, 5) is 16.1. The molecule has 0 atom stereocenters. The van der Waals surface area contributed by atoms with Crippen molar-refractivity contribution in [1.29, 1.82) is 0 Å². The van der Waals surface area contributed by atoms with Crippen LogP contribution in [0.2, 0.25) is 0 Å². The van der Waals surface area contributed by atoms with Crippen molar-refractivity contribution >= 4 is 22.6 Å². The number of carboxylic acid groups (broad SMARTS) is 1. The van der Waals surface area contributed by atoms with Crippen LogP contribution in [0.15, 0.2) is 36.5 Å². The summed E-state index contributed by atoms with van der Waals surface area (Å²) in [5.41, 5.74) is -0.642. The minimum Gasteiger partial charge on any atom is -0.481 e. The SMILES string of the molecule is O=C(O)C1(CNc2nccc3ccccc23)CCCCC1. The molecule has 21 heavy (non-hydrogen) atoms. The Morgan fingerprint density at radius 1 is 1.19 bits per heavy atom. The van der Waals surface area contributed by atoms with Crippen molar-refractivity contribution in [1.82, 2.24) is 4.98 Å². The maximum atomic E-state index is 11.7. The van der Waals surface area contributed by atoms with Crippen LogP contribution in [0.25, 0.3) is 10.8 Å². The number of nitrogens with one attached hydrogen (secondary N) is 1. The zero-order valence-electron chi connectivity index (χ0n) is 12.0. The minimum atomic E-state index is -0.685. The van der Waals surface area contributed by atoms with Crippen LogP contribution in [0.3, 0.4) is 0 Å². The summed E-state index contributed by atoms with van der Waals surface area (Å²) < 4.78 is 0. The zero-order valence-corrected chi connectivity index (χ0v) is 12.0. The lowest BCUT2D eigenvalue weighted by molar-refractivity contribution is -0.150. The van der Waals surface area contributed by atoms with Crippen molar-refractivity contribution in [2.45, 2.75) is 32.1 Å². The van der Waals surface area contributed by atoms with Gasteiger partial charge >= 0.3 is 5.97 Å². The quantitative estimate of drug-likeness (QED) is 0.899. The average molecular weight is 284 g/mol. The fourth-order valence-electron chi connectivity index (χ4n) is 3.21. The number of nitrogens with zero attached hydrogens (tertiary/aromatic N) is 1. The van der Waals surface area contributed by atoms with Crippen LogP contribution in [-0.4, -0.2) is 22.6 Å². The molecule has 0 amide bonds. The van der Waals surface area contributed by atoms with E-state index in [0.29, 0.717) is 6.54 Å². The van der Waals surface area contributed by atoms with Gasteiger partial charge in [-0.3, -0.25) is 4.79 Å². The summed E-state index contributed by atoms with van der Waals surface area (Å²) in [6.07, 6.45) is 6.40. The molecule has 4 heteroatoms. The van der Waals surface area contributed by atoms with Crippen LogP contribution in [-0.2, 0) is 4.79 Å². The molecule has 4 nitrogen and oxygen atoms in total. The smallest absolute Gasteiger partial charge is 0.311 e. The number of carbonyl (C=O) groups is 1. The molecule has 0 radical (unpaired) electrons. The molecule has 0 unspecified atom stereocenters. The van der Waals surface area contributed by atoms with E-state index in [1.807, 2.05) is 30.3 Å². The third kappa shape index (κ3) is 2.71. The van der Waals surface area contributed by atoms with Crippen LogP contribution in [0.1, 0.15) is 32.1 Å². The van der Waals surface area contributed by atoms with Gasteiger partial charge in [-0.1, -0.05) is 43.5 Å². The Morgan fingerprint density at radius 2 is 1.95 bits per heavy atom. The van der Waals surface area contributed by atoms with E-state index in [9.17, 15) is 9.90 Å². The molecular weight excluding hydrogens is 264 g/mol. The molecule has 2 aromatic rings. The maximum Gasteiger partial charge on any atom is 0.311 e. The van der Waals surface area contributed by atoms with Crippen molar-refractivity contribution in [3.63, 3.8) is 0 Å². The lowest BCUT2D eigenvalue weighted by Crippen LogP contribution is -2.39. The van der Waals surface area contributed by atoms with E-state index in [4.69, 9.17) is 0 Å². The lowest BCUT2D eigenvalue weighted by atomic mass is 9.74. The van der Waals surface area contributed by atoms with Gasteiger partial charge in [0.2, 0.25) is 0 Å². The number of anilines is 1. The topological polar surface area (TPSA) is 62.2 Å². The van der Waals surface area contributed by atoms with Crippen LogP contribution in [0.4, 0.5) is 5.82 Å². The van der Waals surface area contributed by atoms with Crippen LogP contribution < -0.4 is 5.32 Å². The molecule has 1 aromatic heterocycles. The van der Waals surface area contributed by atoms with Gasteiger partial charge < -0.3 is 10.4 Å². The second-order valence-corrected chi connectivity index (χ2v) is 5.88. The van der Waals surface area contributed by atoms with Gasteiger partial charge in [0.1, 0.15) is 5.82 Å². The van der Waals surface area contributed by atoms with Crippen molar-refractivity contribution in [3.8, 4) is 0 Å². The molecule has 0 spiro atoms.